The Morgan fingerprint density at radius 3 is 2.35 bits per heavy atom. The van der Waals surface area contributed by atoms with E-state index in [0.717, 1.165) is 25.7 Å². The predicted molar refractivity (Wildman–Crippen MR) is 78.3 cm³/mol. The van der Waals surface area contributed by atoms with Crippen LogP contribution in [0.4, 0.5) is 4.79 Å². The fourth-order valence-corrected chi connectivity index (χ4v) is 3.28. The van der Waals surface area contributed by atoms with E-state index < -0.39 is 0 Å². The first kappa shape index (κ1) is 15.1. The second-order valence-corrected chi connectivity index (χ2v) is 6.21. The van der Waals surface area contributed by atoms with Crippen molar-refractivity contribution in [3.63, 3.8) is 0 Å². The molecule has 2 aliphatic rings. The van der Waals surface area contributed by atoms with Gasteiger partial charge in [-0.05, 0) is 38.5 Å². The minimum absolute atomic E-state index is 0.0303. The molecule has 3 amide bonds. The van der Waals surface area contributed by atoms with Gasteiger partial charge in [0.2, 0.25) is 5.91 Å². The molecule has 0 aromatic heterocycles. The van der Waals surface area contributed by atoms with E-state index in [-0.39, 0.29) is 29.9 Å². The van der Waals surface area contributed by atoms with Gasteiger partial charge in [-0.25, -0.2) is 4.79 Å². The lowest BCUT2D eigenvalue weighted by Gasteiger charge is -2.34. The maximum absolute atomic E-state index is 12.1. The first-order valence-electron chi connectivity index (χ1n) is 7.90. The Morgan fingerprint density at radius 2 is 1.75 bits per heavy atom. The fraction of sp³-hybridized carbons (Fsp3) is 0.867. The van der Waals surface area contributed by atoms with Crippen LogP contribution in [0.15, 0.2) is 0 Å². The largest absolute Gasteiger partial charge is 0.359 e. The summed E-state index contributed by atoms with van der Waals surface area (Å²) in [6.45, 7) is 2.07. The molecule has 2 rings (SSSR count). The molecule has 20 heavy (non-hydrogen) atoms. The first-order valence-corrected chi connectivity index (χ1v) is 7.90. The quantitative estimate of drug-likeness (QED) is 0.735. The van der Waals surface area contributed by atoms with Crippen molar-refractivity contribution in [2.45, 2.75) is 64.0 Å². The van der Waals surface area contributed by atoms with Gasteiger partial charge in [-0.2, -0.15) is 0 Å². The molecule has 0 radical (unpaired) electrons. The van der Waals surface area contributed by atoms with Crippen molar-refractivity contribution in [1.82, 2.24) is 16.0 Å². The molecule has 3 atom stereocenters. The summed E-state index contributed by atoms with van der Waals surface area (Å²) >= 11 is 0. The maximum Gasteiger partial charge on any atom is 0.315 e. The zero-order chi connectivity index (χ0) is 14.5. The average molecular weight is 281 g/mol. The Morgan fingerprint density at radius 1 is 1.05 bits per heavy atom. The van der Waals surface area contributed by atoms with Crippen LogP contribution in [0.5, 0.6) is 0 Å². The molecule has 0 aromatic rings. The molecule has 2 saturated carbocycles. The molecule has 0 aromatic carbocycles. The van der Waals surface area contributed by atoms with Gasteiger partial charge < -0.3 is 16.0 Å². The number of carbonyl (C=O) groups is 2. The van der Waals surface area contributed by atoms with Gasteiger partial charge in [0.15, 0.2) is 0 Å². The van der Waals surface area contributed by atoms with Crippen molar-refractivity contribution in [2.24, 2.45) is 11.8 Å². The third-order valence-corrected chi connectivity index (χ3v) is 4.88. The minimum atomic E-state index is -0.120. The molecule has 0 unspecified atom stereocenters. The summed E-state index contributed by atoms with van der Waals surface area (Å²) in [5.74, 6) is 0.586. The van der Waals surface area contributed by atoms with Crippen LogP contribution in [0, 0.1) is 11.8 Å². The van der Waals surface area contributed by atoms with Crippen molar-refractivity contribution in [3.05, 3.63) is 0 Å². The first-order chi connectivity index (χ1) is 9.61. The summed E-state index contributed by atoms with van der Waals surface area (Å²) in [6, 6.07) is 0.0771. The number of amides is 3. The topological polar surface area (TPSA) is 70.2 Å². The number of nitrogens with one attached hydrogen (secondary N) is 3. The molecule has 2 fully saturated rings. The average Bonchev–Trinajstić information content (AvgIpc) is 2.36. The normalized spacial score (nSPS) is 28.1. The van der Waals surface area contributed by atoms with Crippen molar-refractivity contribution < 1.29 is 9.59 Å². The number of rotatable bonds is 4. The van der Waals surface area contributed by atoms with Crippen LogP contribution in [0.1, 0.15) is 51.9 Å². The Balaban J connectivity index is 1.82. The molecule has 0 bridgehead atoms. The lowest BCUT2D eigenvalue weighted by Crippen LogP contribution is -2.53. The highest BCUT2D eigenvalue weighted by molar-refractivity contribution is 5.81. The molecule has 114 valence electrons. The fourth-order valence-electron chi connectivity index (χ4n) is 3.28. The highest BCUT2D eigenvalue weighted by atomic mass is 16.2. The number of urea groups is 1. The smallest absolute Gasteiger partial charge is 0.315 e. The summed E-state index contributed by atoms with van der Waals surface area (Å²) in [4.78, 5) is 23.9. The van der Waals surface area contributed by atoms with E-state index in [1.54, 1.807) is 7.05 Å². The van der Waals surface area contributed by atoms with Crippen LogP contribution in [0.25, 0.3) is 0 Å². The number of hydrogen-bond acceptors (Lipinski definition) is 2. The van der Waals surface area contributed by atoms with Gasteiger partial charge in [0.25, 0.3) is 0 Å². The molecule has 3 N–H and O–H groups in total. The van der Waals surface area contributed by atoms with E-state index in [9.17, 15) is 9.59 Å². The molecule has 0 saturated heterocycles. The summed E-state index contributed by atoms with van der Waals surface area (Å²) in [5, 5.41) is 8.74. The second kappa shape index (κ2) is 6.95. The molecule has 5 heteroatoms. The highest BCUT2D eigenvalue weighted by Crippen LogP contribution is 2.29. The minimum Gasteiger partial charge on any atom is -0.359 e. The van der Waals surface area contributed by atoms with Crippen molar-refractivity contribution in [2.75, 3.05) is 7.05 Å². The zero-order valence-corrected chi connectivity index (χ0v) is 12.6. The van der Waals surface area contributed by atoms with Crippen LogP contribution < -0.4 is 16.0 Å². The van der Waals surface area contributed by atoms with E-state index in [4.69, 9.17) is 0 Å². The van der Waals surface area contributed by atoms with E-state index in [0.29, 0.717) is 5.92 Å². The molecule has 2 aliphatic carbocycles. The Hall–Kier alpha value is -1.26. The molecule has 0 aliphatic heterocycles. The van der Waals surface area contributed by atoms with Crippen LogP contribution in [-0.4, -0.2) is 31.1 Å². The molecular formula is C15H27N3O2. The van der Waals surface area contributed by atoms with Crippen molar-refractivity contribution >= 4 is 11.9 Å². The second-order valence-electron chi connectivity index (χ2n) is 6.21. The summed E-state index contributed by atoms with van der Waals surface area (Å²) in [7, 11) is 1.66. The van der Waals surface area contributed by atoms with Gasteiger partial charge in [0.1, 0.15) is 0 Å². The van der Waals surface area contributed by atoms with Crippen LogP contribution in [0.3, 0.4) is 0 Å². The van der Waals surface area contributed by atoms with E-state index in [1.165, 1.54) is 19.3 Å². The summed E-state index contributed by atoms with van der Waals surface area (Å²) < 4.78 is 0. The molecular weight excluding hydrogens is 254 g/mol. The Labute approximate surface area is 121 Å². The molecule has 0 heterocycles. The van der Waals surface area contributed by atoms with E-state index >= 15 is 0 Å². The van der Waals surface area contributed by atoms with Gasteiger partial charge in [-0.3, -0.25) is 4.79 Å². The lowest BCUT2D eigenvalue weighted by molar-refractivity contribution is -0.126. The Kier molecular flexibility index (Phi) is 5.26. The van der Waals surface area contributed by atoms with E-state index in [2.05, 4.69) is 22.9 Å². The van der Waals surface area contributed by atoms with Gasteiger partial charge >= 0.3 is 6.03 Å². The lowest BCUT2D eigenvalue weighted by atomic mass is 9.80. The van der Waals surface area contributed by atoms with Gasteiger partial charge in [0, 0.05) is 19.1 Å². The standard InChI is InChI=1S/C15H27N3O2/c1-10(11-6-5-7-11)17-15(20)18-13-9-4-3-8-12(13)14(19)16-2/h10-13H,3-9H2,1-2H3,(H,16,19)(H2,17,18,20)/t10-,12+,13-/m0/s1. The predicted octanol–water partition coefficient (Wildman–Crippen LogP) is 1.78. The monoisotopic (exact) mass is 281 g/mol. The van der Waals surface area contributed by atoms with Crippen LogP contribution in [-0.2, 0) is 4.79 Å². The molecule has 0 spiro atoms. The Bertz CT molecular complexity index is 355. The van der Waals surface area contributed by atoms with Crippen molar-refractivity contribution in [3.8, 4) is 0 Å². The van der Waals surface area contributed by atoms with Gasteiger partial charge in [0.05, 0.1) is 5.92 Å². The summed E-state index contributed by atoms with van der Waals surface area (Å²) in [5.41, 5.74) is 0. The number of hydrogen-bond donors (Lipinski definition) is 3. The SMILES string of the molecule is CNC(=O)[C@@H]1CCCC[C@@H]1NC(=O)N[C@@H](C)C1CCC1. The third-order valence-electron chi connectivity index (χ3n) is 4.88. The zero-order valence-electron chi connectivity index (χ0n) is 12.6. The van der Waals surface area contributed by atoms with Gasteiger partial charge in [-0.15, -0.1) is 0 Å². The number of carbonyl (C=O) groups excluding carboxylic acids is 2. The third kappa shape index (κ3) is 3.64. The van der Waals surface area contributed by atoms with Crippen LogP contribution >= 0.6 is 0 Å². The highest BCUT2D eigenvalue weighted by Gasteiger charge is 2.32. The summed E-state index contributed by atoms with van der Waals surface area (Å²) in [6.07, 6.45) is 7.61. The van der Waals surface area contributed by atoms with E-state index in [1.807, 2.05) is 0 Å². The van der Waals surface area contributed by atoms with Gasteiger partial charge in [-0.1, -0.05) is 19.3 Å². The van der Waals surface area contributed by atoms with Crippen LogP contribution in [0.2, 0.25) is 0 Å². The maximum atomic E-state index is 12.1. The van der Waals surface area contributed by atoms with Crippen molar-refractivity contribution in [1.29, 1.82) is 0 Å². The molecule has 5 nitrogen and oxygen atoms in total.